The van der Waals surface area contributed by atoms with Crippen molar-refractivity contribution < 1.29 is 24.5 Å². The highest BCUT2D eigenvalue weighted by Crippen LogP contribution is 2.31. The van der Waals surface area contributed by atoms with Crippen LogP contribution in [-0.4, -0.2) is 50.7 Å². The predicted octanol–water partition coefficient (Wildman–Crippen LogP) is 1.15. The van der Waals surface area contributed by atoms with E-state index in [1.807, 2.05) is 0 Å². The molecular formula is C20H32N2O7. The summed E-state index contributed by atoms with van der Waals surface area (Å²) in [7, 11) is 0. The largest absolute Gasteiger partial charge is 0.455 e. The zero-order valence-corrected chi connectivity index (χ0v) is 17.1. The smallest absolute Gasteiger partial charge is 0.330 e. The first-order valence-electron chi connectivity index (χ1n) is 10.3. The molecule has 0 aliphatic carbocycles. The van der Waals surface area contributed by atoms with Crippen molar-refractivity contribution in [2.75, 3.05) is 6.61 Å². The van der Waals surface area contributed by atoms with Crippen LogP contribution in [0, 0.1) is 6.92 Å². The maximum absolute atomic E-state index is 12.3. The molecule has 1 aromatic heterocycles. The molecule has 0 aromatic carbocycles. The van der Waals surface area contributed by atoms with Crippen LogP contribution in [0.5, 0.6) is 0 Å². The highest BCUT2D eigenvalue weighted by molar-refractivity contribution is 5.69. The highest BCUT2D eigenvalue weighted by atomic mass is 16.6. The molecule has 9 heteroatoms. The fourth-order valence-electron chi connectivity index (χ4n) is 3.43. The van der Waals surface area contributed by atoms with E-state index < -0.39 is 48.4 Å². The molecule has 0 amide bonds. The van der Waals surface area contributed by atoms with Crippen molar-refractivity contribution in [1.82, 2.24) is 9.55 Å². The molecule has 1 aliphatic heterocycles. The summed E-state index contributed by atoms with van der Waals surface area (Å²) < 4.78 is 12.0. The molecule has 164 valence electrons. The maximum atomic E-state index is 12.3. The summed E-state index contributed by atoms with van der Waals surface area (Å²) in [5.74, 6) is -0.496. The third kappa shape index (κ3) is 6.25. The molecule has 2 heterocycles. The number of nitrogens with zero attached hydrogens (tertiary/aromatic N) is 1. The summed E-state index contributed by atoms with van der Waals surface area (Å²) in [6.45, 7) is 3.18. The molecule has 29 heavy (non-hydrogen) atoms. The van der Waals surface area contributed by atoms with Gasteiger partial charge in [0, 0.05) is 18.2 Å². The second-order valence-corrected chi connectivity index (χ2v) is 7.54. The molecule has 1 aliphatic rings. The summed E-state index contributed by atoms with van der Waals surface area (Å²) in [6, 6.07) is 0. The topological polar surface area (TPSA) is 131 Å². The summed E-state index contributed by atoms with van der Waals surface area (Å²) >= 11 is 0. The van der Waals surface area contributed by atoms with Crippen LogP contribution >= 0.6 is 0 Å². The summed E-state index contributed by atoms with van der Waals surface area (Å²) in [4.78, 5) is 38.2. The number of aromatic nitrogens is 2. The summed E-state index contributed by atoms with van der Waals surface area (Å²) in [6.07, 6.45) is 4.31. The van der Waals surface area contributed by atoms with Crippen LogP contribution in [0.4, 0.5) is 0 Å². The second-order valence-electron chi connectivity index (χ2n) is 7.54. The van der Waals surface area contributed by atoms with Crippen LogP contribution in [0.25, 0.3) is 0 Å². The first-order chi connectivity index (χ1) is 13.9. The molecule has 0 unspecified atom stereocenters. The van der Waals surface area contributed by atoms with Gasteiger partial charge in [0.1, 0.15) is 12.2 Å². The quantitative estimate of drug-likeness (QED) is 0.367. The van der Waals surface area contributed by atoms with Crippen molar-refractivity contribution in [3.8, 4) is 0 Å². The van der Waals surface area contributed by atoms with Gasteiger partial charge < -0.3 is 19.7 Å². The van der Waals surface area contributed by atoms with Crippen molar-refractivity contribution in [1.29, 1.82) is 0 Å². The van der Waals surface area contributed by atoms with E-state index >= 15 is 0 Å². The Hall–Kier alpha value is -1.97. The van der Waals surface area contributed by atoms with Crippen LogP contribution in [0.15, 0.2) is 15.8 Å². The number of aliphatic hydroxyl groups is 2. The monoisotopic (exact) mass is 412 g/mol. The number of aliphatic hydroxyl groups excluding tert-OH is 2. The van der Waals surface area contributed by atoms with Gasteiger partial charge >= 0.3 is 11.7 Å². The number of unbranched alkanes of at least 4 members (excludes halogenated alkanes) is 6. The minimum absolute atomic E-state index is 0.201. The van der Waals surface area contributed by atoms with E-state index in [9.17, 15) is 24.6 Å². The van der Waals surface area contributed by atoms with Crippen LogP contribution in [-0.2, 0) is 14.3 Å². The Morgan fingerprint density at radius 2 is 1.86 bits per heavy atom. The van der Waals surface area contributed by atoms with Crippen LogP contribution in [0.3, 0.4) is 0 Å². The van der Waals surface area contributed by atoms with Gasteiger partial charge in [0.15, 0.2) is 12.3 Å². The number of aryl methyl sites for hydroxylation is 1. The number of carbonyl (C=O) groups is 1. The number of hydrogen-bond donors (Lipinski definition) is 3. The van der Waals surface area contributed by atoms with E-state index in [4.69, 9.17) is 9.47 Å². The number of esters is 1. The number of rotatable bonds is 11. The summed E-state index contributed by atoms with van der Waals surface area (Å²) in [5, 5.41) is 19.8. The Labute approximate surface area is 169 Å². The van der Waals surface area contributed by atoms with Gasteiger partial charge in [0.2, 0.25) is 0 Å². The molecule has 0 radical (unpaired) electrons. The average Bonchev–Trinajstić information content (AvgIpc) is 2.99. The van der Waals surface area contributed by atoms with E-state index in [2.05, 4.69) is 11.9 Å². The minimum Gasteiger partial charge on any atom is -0.455 e. The van der Waals surface area contributed by atoms with E-state index in [1.165, 1.54) is 32.4 Å². The first kappa shape index (κ1) is 23.3. The van der Waals surface area contributed by atoms with Crippen LogP contribution < -0.4 is 11.2 Å². The molecule has 0 saturated carbocycles. The van der Waals surface area contributed by atoms with Gasteiger partial charge in [0.25, 0.3) is 5.56 Å². The lowest BCUT2D eigenvalue weighted by Gasteiger charge is -2.22. The number of ether oxygens (including phenoxy) is 2. The molecule has 2 rings (SSSR count). The van der Waals surface area contributed by atoms with E-state index in [0.717, 1.165) is 23.8 Å². The zero-order valence-electron chi connectivity index (χ0n) is 17.1. The number of aromatic amines is 1. The number of carbonyl (C=O) groups excluding carboxylic acids is 1. The Morgan fingerprint density at radius 3 is 2.52 bits per heavy atom. The van der Waals surface area contributed by atoms with Gasteiger partial charge in [-0.2, -0.15) is 0 Å². The Morgan fingerprint density at radius 1 is 1.21 bits per heavy atom. The Bertz CT molecular complexity index is 773. The molecular weight excluding hydrogens is 380 g/mol. The second kappa shape index (κ2) is 11.3. The molecule has 1 fully saturated rings. The van der Waals surface area contributed by atoms with Crippen LogP contribution in [0.2, 0.25) is 0 Å². The van der Waals surface area contributed by atoms with Crippen molar-refractivity contribution in [2.45, 2.75) is 89.8 Å². The molecule has 9 nitrogen and oxygen atoms in total. The lowest BCUT2D eigenvalue weighted by atomic mass is 10.1. The van der Waals surface area contributed by atoms with Gasteiger partial charge in [-0.15, -0.1) is 0 Å². The van der Waals surface area contributed by atoms with Gasteiger partial charge in [-0.25, -0.2) is 4.79 Å². The summed E-state index contributed by atoms with van der Waals surface area (Å²) in [5.41, 5.74) is -1.01. The standard InChI is InChI=1S/C20H32N2O7/c1-3-4-5-6-7-8-9-10-15(24)29-17-16(25)14(12-23)28-19(17)22-11-13(2)18(26)21-20(22)27/h11,14,16-17,19,23,25H,3-10,12H2,1-2H3,(H,21,26,27)/t14-,16-,17-,19-/m1/s1. The molecule has 1 aromatic rings. The molecule has 0 bridgehead atoms. The van der Waals surface area contributed by atoms with Gasteiger partial charge in [-0.05, 0) is 13.3 Å². The van der Waals surface area contributed by atoms with E-state index in [-0.39, 0.29) is 12.0 Å². The third-order valence-electron chi connectivity index (χ3n) is 5.16. The Balaban J connectivity index is 1.99. The lowest BCUT2D eigenvalue weighted by molar-refractivity contribution is -0.159. The van der Waals surface area contributed by atoms with E-state index in [0.29, 0.717) is 6.42 Å². The number of hydrogen-bond acceptors (Lipinski definition) is 7. The SMILES string of the molecule is CCCCCCCCCC(=O)O[C@@H]1[C@H](O)[C@@H](CO)O[C@H]1n1cc(C)c(=O)[nH]c1=O. The lowest BCUT2D eigenvalue weighted by Crippen LogP contribution is -2.41. The van der Waals surface area contributed by atoms with Gasteiger partial charge in [0.05, 0.1) is 6.61 Å². The zero-order chi connectivity index (χ0) is 21.4. The van der Waals surface area contributed by atoms with Gasteiger partial charge in [-0.3, -0.25) is 19.1 Å². The highest BCUT2D eigenvalue weighted by Gasteiger charge is 2.47. The van der Waals surface area contributed by atoms with Crippen LogP contribution in [0.1, 0.15) is 70.1 Å². The van der Waals surface area contributed by atoms with E-state index in [1.54, 1.807) is 0 Å². The normalized spacial score (nSPS) is 24.0. The number of nitrogens with one attached hydrogen (secondary N) is 1. The van der Waals surface area contributed by atoms with Crippen molar-refractivity contribution in [2.24, 2.45) is 0 Å². The number of H-pyrrole nitrogens is 1. The molecule has 0 spiro atoms. The first-order valence-corrected chi connectivity index (χ1v) is 10.3. The molecule has 4 atom stereocenters. The Kier molecular flexibility index (Phi) is 9.06. The fourth-order valence-corrected chi connectivity index (χ4v) is 3.43. The molecule has 1 saturated heterocycles. The van der Waals surface area contributed by atoms with Gasteiger partial charge in [-0.1, -0.05) is 45.4 Å². The van der Waals surface area contributed by atoms with Crippen molar-refractivity contribution >= 4 is 5.97 Å². The van der Waals surface area contributed by atoms with Crippen molar-refractivity contribution in [3.63, 3.8) is 0 Å². The predicted molar refractivity (Wildman–Crippen MR) is 106 cm³/mol. The molecule has 3 N–H and O–H groups in total. The maximum Gasteiger partial charge on any atom is 0.330 e. The minimum atomic E-state index is -1.29. The average molecular weight is 412 g/mol. The fraction of sp³-hybridized carbons (Fsp3) is 0.750. The van der Waals surface area contributed by atoms with Crippen molar-refractivity contribution in [3.05, 3.63) is 32.6 Å². The third-order valence-corrected chi connectivity index (χ3v) is 5.16.